The van der Waals surface area contributed by atoms with E-state index in [2.05, 4.69) is 30.8 Å². The summed E-state index contributed by atoms with van der Waals surface area (Å²) in [5, 5.41) is 0. The Hall–Kier alpha value is -0.890. The average Bonchev–Trinajstić information content (AvgIpc) is 2.67. The van der Waals surface area contributed by atoms with Crippen molar-refractivity contribution in [1.29, 1.82) is 0 Å². The summed E-state index contributed by atoms with van der Waals surface area (Å²) < 4.78 is 0. The molecule has 0 N–H and O–H groups in total. The highest BCUT2D eigenvalue weighted by Crippen LogP contribution is 2.25. The first-order chi connectivity index (χ1) is 8.63. The molecule has 0 saturated carbocycles. The van der Waals surface area contributed by atoms with E-state index in [1.165, 1.54) is 37.9 Å². The van der Waals surface area contributed by atoms with Gasteiger partial charge in [0.25, 0.3) is 0 Å². The van der Waals surface area contributed by atoms with Crippen molar-refractivity contribution in [1.82, 2.24) is 9.88 Å². The number of hydrogen-bond acceptors (Lipinski definition) is 2. The van der Waals surface area contributed by atoms with Gasteiger partial charge in [0.2, 0.25) is 0 Å². The minimum absolute atomic E-state index is 0.937. The van der Waals surface area contributed by atoms with Gasteiger partial charge in [-0.1, -0.05) is 32.8 Å². The van der Waals surface area contributed by atoms with Gasteiger partial charge >= 0.3 is 0 Å². The molecular formula is C16H28N2. The van der Waals surface area contributed by atoms with Crippen LogP contribution in [0.25, 0.3) is 0 Å². The van der Waals surface area contributed by atoms with E-state index in [0.717, 1.165) is 11.8 Å². The number of hydrogen-bond donors (Lipinski definition) is 0. The minimum Gasteiger partial charge on any atom is -0.306 e. The molecule has 0 spiro atoms. The van der Waals surface area contributed by atoms with E-state index < -0.39 is 0 Å². The molecule has 1 aliphatic rings. The van der Waals surface area contributed by atoms with Crippen LogP contribution in [0.15, 0.2) is 24.5 Å². The third-order valence-corrected chi connectivity index (χ3v) is 3.69. The number of rotatable bonds is 3. The predicted molar refractivity (Wildman–Crippen MR) is 78.7 cm³/mol. The molecule has 2 unspecified atom stereocenters. The number of likely N-dealkylation sites (tertiary alicyclic amines) is 1. The lowest BCUT2D eigenvalue weighted by molar-refractivity contribution is 0.382. The Labute approximate surface area is 112 Å². The van der Waals surface area contributed by atoms with Crippen LogP contribution in [0.3, 0.4) is 0 Å². The topological polar surface area (TPSA) is 16.1 Å². The number of nitrogens with zero attached hydrogens (tertiary/aromatic N) is 2. The Morgan fingerprint density at radius 1 is 1.39 bits per heavy atom. The highest BCUT2D eigenvalue weighted by atomic mass is 15.1. The minimum atomic E-state index is 0.937. The van der Waals surface area contributed by atoms with Gasteiger partial charge in [0.1, 0.15) is 0 Å². The maximum atomic E-state index is 3.88. The fourth-order valence-electron chi connectivity index (χ4n) is 2.59. The van der Waals surface area contributed by atoms with Crippen molar-refractivity contribution in [3.8, 4) is 0 Å². The number of pyridine rings is 1. The third-order valence-electron chi connectivity index (χ3n) is 3.69. The summed E-state index contributed by atoms with van der Waals surface area (Å²) in [5.74, 6) is 1.92. The second kappa shape index (κ2) is 8.25. The fourth-order valence-corrected chi connectivity index (χ4v) is 2.59. The molecule has 2 atom stereocenters. The summed E-state index contributed by atoms with van der Waals surface area (Å²) in [6.45, 7) is 9.34. The molecule has 1 aromatic rings. The monoisotopic (exact) mass is 248 g/mol. The lowest BCUT2D eigenvalue weighted by atomic mass is 9.93. The van der Waals surface area contributed by atoms with Gasteiger partial charge in [-0.2, -0.15) is 0 Å². The van der Waals surface area contributed by atoms with Crippen LogP contribution in [-0.4, -0.2) is 30.0 Å². The fraction of sp³-hybridized carbons (Fsp3) is 0.688. The maximum absolute atomic E-state index is 3.88. The van der Waals surface area contributed by atoms with Gasteiger partial charge in [-0.3, -0.25) is 4.98 Å². The van der Waals surface area contributed by atoms with Crippen LogP contribution in [0.1, 0.15) is 38.7 Å². The van der Waals surface area contributed by atoms with Crippen molar-refractivity contribution >= 4 is 0 Å². The zero-order valence-corrected chi connectivity index (χ0v) is 12.4. The zero-order valence-electron chi connectivity index (χ0n) is 12.4. The molecule has 1 fully saturated rings. The van der Waals surface area contributed by atoms with E-state index in [0.29, 0.717) is 0 Å². The molecule has 1 aliphatic heterocycles. The molecule has 1 aromatic heterocycles. The van der Waals surface area contributed by atoms with Crippen LogP contribution in [0.5, 0.6) is 0 Å². The number of aromatic nitrogens is 1. The highest BCUT2D eigenvalue weighted by Gasteiger charge is 2.25. The molecule has 2 heteroatoms. The number of aryl methyl sites for hydroxylation is 1. The maximum Gasteiger partial charge on any atom is 0.0297 e. The van der Waals surface area contributed by atoms with E-state index in [1.807, 2.05) is 25.3 Å². The van der Waals surface area contributed by atoms with Gasteiger partial charge < -0.3 is 4.90 Å². The molecule has 0 aliphatic carbocycles. The van der Waals surface area contributed by atoms with Gasteiger partial charge in [-0.15, -0.1) is 0 Å². The van der Waals surface area contributed by atoms with Crippen molar-refractivity contribution in [3.63, 3.8) is 0 Å². The summed E-state index contributed by atoms with van der Waals surface area (Å²) in [7, 11) is 2.24. The summed E-state index contributed by atoms with van der Waals surface area (Å²) in [4.78, 5) is 6.35. The molecule has 2 nitrogen and oxygen atoms in total. The highest BCUT2D eigenvalue weighted by molar-refractivity contribution is 5.04. The number of unbranched alkanes of at least 4 members (excludes halogenated alkanes) is 1. The van der Waals surface area contributed by atoms with Crippen LogP contribution >= 0.6 is 0 Å². The second-order valence-corrected chi connectivity index (χ2v) is 5.63. The quantitative estimate of drug-likeness (QED) is 0.809. The standard InChI is InChI=1S/C10H21N.C6H7N/c1-4-5-6-10-8-11(3)7-9(10)2;1-6-3-2-4-7-5-6/h9-10H,4-8H2,1-3H3;2-5H,1H3. The van der Waals surface area contributed by atoms with Gasteiger partial charge in [0, 0.05) is 25.5 Å². The lowest BCUT2D eigenvalue weighted by Gasteiger charge is -2.12. The molecule has 102 valence electrons. The summed E-state index contributed by atoms with van der Waals surface area (Å²) >= 11 is 0. The van der Waals surface area contributed by atoms with Crippen molar-refractivity contribution in [2.75, 3.05) is 20.1 Å². The van der Waals surface area contributed by atoms with Crippen LogP contribution in [-0.2, 0) is 0 Å². The smallest absolute Gasteiger partial charge is 0.0297 e. The van der Waals surface area contributed by atoms with Gasteiger partial charge in [-0.05, 0) is 43.9 Å². The molecule has 1 saturated heterocycles. The Balaban J connectivity index is 0.000000199. The van der Waals surface area contributed by atoms with E-state index in [4.69, 9.17) is 0 Å². The van der Waals surface area contributed by atoms with Crippen molar-refractivity contribution in [2.45, 2.75) is 40.0 Å². The lowest BCUT2D eigenvalue weighted by Crippen LogP contribution is -2.13. The molecule has 0 amide bonds. The Bertz CT molecular complexity index is 310. The molecule has 0 bridgehead atoms. The first-order valence-electron chi connectivity index (χ1n) is 7.18. The van der Waals surface area contributed by atoms with Crippen molar-refractivity contribution < 1.29 is 0 Å². The molecule has 2 heterocycles. The second-order valence-electron chi connectivity index (χ2n) is 5.63. The Morgan fingerprint density at radius 3 is 2.56 bits per heavy atom. The van der Waals surface area contributed by atoms with E-state index in [1.54, 1.807) is 6.20 Å². The third kappa shape index (κ3) is 5.63. The zero-order chi connectivity index (χ0) is 13.4. The average molecular weight is 248 g/mol. The van der Waals surface area contributed by atoms with Gasteiger partial charge in [-0.25, -0.2) is 0 Å². The first-order valence-corrected chi connectivity index (χ1v) is 7.18. The van der Waals surface area contributed by atoms with Crippen LogP contribution < -0.4 is 0 Å². The largest absolute Gasteiger partial charge is 0.306 e. The molecule has 18 heavy (non-hydrogen) atoms. The molecule has 0 radical (unpaired) electrons. The molecule has 0 aromatic carbocycles. The van der Waals surface area contributed by atoms with Gasteiger partial charge in [0.15, 0.2) is 0 Å². The van der Waals surface area contributed by atoms with E-state index >= 15 is 0 Å². The Kier molecular flexibility index (Phi) is 6.96. The summed E-state index contributed by atoms with van der Waals surface area (Å²) in [6.07, 6.45) is 7.82. The summed E-state index contributed by atoms with van der Waals surface area (Å²) in [5.41, 5.74) is 1.21. The predicted octanol–water partition coefficient (Wildman–Crippen LogP) is 3.76. The Morgan fingerprint density at radius 2 is 2.17 bits per heavy atom. The normalized spacial score (nSPS) is 23.6. The van der Waals surface area contributed by atoms with Crippen LogP contribution in [0.4, 0.5) is 0 Å². The SMILES string of the molecule is CCCCC1CN(C)CC1C.Cc1cccnc1. The van der Waals surface area contributed by atoms with E-state index in [-0.39, 0.29) is 0 Å². The van der Waals surface area contributed by atoms with Gasteiger partial charge in [0.05, 0.1) is 0 Å². The van der Waals surface area contributed by atoms with E-state index in [9.17, 15) is 0 Å². The van der Waals surface area contributed by atoms with Crippen molar-refractivity contribution in [3.05, 3.63) is 30.1 Å². The molecular weight excluding hydrogens is 220 g/mol. The van der Waals surface area contributed by atoms with Crippen molar-refractivity contribution in [2.24, 2.45) is 11.8 Å². The first kappa shape index (κ1) is 15.2. The van der Waals surface area contributed by atoms with Crippen LogP contribution in [0.2, 0.25) is 0 Å². The van der Waals surface area contributed by atoms with Crippen LogP contribution in [0, 0.1) is 18.8 Å². The summed E-state index contributed by atoms with van der Waals surface area (Å²) in [6, 6.07) is 3.95. The molecule has 2 rings (SSSR count).